The van der Waals surface area contributed by atoms with Gasteiger partial charge in [0.15, 0.2) is 0 Å². The van der Waals surface area contributed by atoms with Crippen LogP contribution in [0.25, 0.3) is 0 Å². The summed E-state index contributed by atoms with van der Waals surface area (Å²) in [6.07, 6.45) is 7.94. The summed E-state index contributed by atoms with van der Waals surface area (Å²) < 4.78 is 0. The topological polar surface area (TPSA) is 41.1 Å². The Labute approximate surface area is 109 Å². The van der Waals surface area contributed by atoms with E-state index in [1.165, 1.54) is 32.1 Å². The van der Waals surface area contributed by atoms with E-state index >= 15 is 0 Å². The molecule has 0 aromatic rings. The zero-order valence-corrected chi connectivity index (χ0v) is 11.0. The van der Waals surface area contributed by atoms with Crippen LogP contribution < -0.4 is 10.6 Å². The summed E-state index contributed by atoms with van der Waals surface area (Å²) in [6, 6.07) is 0.653. The highest BCUT2D eigenvalue weighted by molar-refractivity contribution is 5.82. The number of carbonyl (C=O) groups excluding carboxylic acids is 1. The molecule has 5 unspecified atom stereocenters. The van der Waals surface area contributed by atoms with E-state index in [9.17, 15) is 4.79 Å². The van der Waals surface area contributed by atoms with Crippen molar-refractivity contribution in [1.29, 1.82) is 0 Å². The Hall–Kier alpha value is -0.570. The largest absolute Gasteiger partial charge is 0.356 e. The van der Waals surface area contributed by atoms with Gasteiger partial charge in [-0.2, -0.15) is 0 Å². The maximum atomic E-state index is 12.2. The van der Waals surface area contributed by atoms with E-state index in [4.69, 9.17) is 0 Å². The van der Waals surface area contributed by atoms with Crippen LogP contribution in [0.2, 0.25) is 0 Å². The average Bonchev–Trinajstić information content (AvgIpc) is 2.80. The van der Waals surface area contributed by atoms with Gasteiger partial charge in [-0.05, 0) is 68.7 Å². The minimum atomic E-state index is 0.375. The quantitative estimate of drug-likeness (QED) is 0.792. The molecule has 1 heterocycles. The maximum Gasteiger partial charge on any atom is 0.223 e. The number of amides is 1. The maximum absolute atomic E-state index is 12.2. The summed E-state index contributed by atoms with van der Waals surface area (Å²) in [5.74, 6) is 4.17. The van der Waals surface area contributed by atoms with Gasteiger partial charge in [-0.25, -0.2) is 0 Å². The standard InChI is InChI=1S/C15H24N2O/c18-15(17-7-5-11-2-1-6-16-11)14-12-9-3-4-10(8-9)13(12)14/h9-14,16H,1-8H2,(H,17,18). The van der Waals surface area contributed by atoms with Gasteiger partial charge < -0.3 is 10.6 Å². The molecule has 0 aromatic heterocycles. The van der Waals surface area contributed by atoms with Crippen LogP contribution in [0.5, 0.6) is 0 Å². The Morgan fingerprint density at radius 3 is 2.61 bits per heavy atom. The monoisotopic (exact) mass is 248 g/mol. The number of hydrogen-bond donors (Lipinski definition) is 2. The summed E-state index contributed by atoms with van der Waals surface area (Å²) in [5.41, 5.74) is 0. The SMILES string of the molecule is O=C(NCCC1CCCN1)C1C2C3CCC(C3)C12. The molecule has 1 aliphatic heterocycles. The summed E-state index contributed by atoms with van der Waals surface area (Å²) >= 11 is 0. The molecule has 4 fully saturated rings. The minimum absolute atomic E-state index is 0.375. The van der Waals surface area contributed by atoms with E-state index in [0.29, 0.717) is 17.9 Å². The molecule has 4 aliphatic rings. The van der Waals surface area contributed by atoms with Crippen LogP contribution in [0.15, 0.2) is 0 Å². The van der Waals surface area contributed by atoms with E-state index in [-0.39, 0.29) is 0 Å². The summed E-state index contributed by atoms with van der Waals surface area (Å²) in [7, 11) is 0. The first kappa shape index (κ1) is 11.3. The molecule has 2 bridgehead atoms. The molecule has 0 aromatic carbocycles. The number of carbonyl (C=O) groups is 1. The van der Waals surface area contributed by atoms with Crippen molar-refractivity contribution < 1.29 is 4.79 Å². The van der Waals surface area contributed by atoms with E-state index in [2.05, 4.69) is 10.6 Å². The highest BCUT2D eigenvalue weighted by atomic mass is 16.2. The summed E-state index contributed by atoms with van der Waals surface area (Å²) in [4.78, 5) is 12.2. The Morgan fingerprint density at radius 2 is 1.94 bits per heavy atom. The van der Waals surface area contributed by atoms with Gasteiger partial charge >= 0.3 is 0 Å². The van der Waals surface area contributed by atoms with Crippen molar-refractivity contribution in [1.82, 2.24) is 10.6 Å². The third kappa shape index (κ3) is 1.70. The molecule has 0 spiro atoms. The number of hydrogen-bond acceptors (Lipinski definition) is 2. The van der Waals surface area contributed by atoms with E-state index < -0.39 is 0 Å². The van der Waals surface area contributed by atoms with E-state index in [1.54, 1.807) is 0 Å². The fourth-order valence-corrected chi connectivity index (χ4v) is 5.17. The molecule has 3 heteroatoms. The first-order valence-corrected chi connectivity index (χ1v) is 7.85. The predicted molar refractivity (Wildman–Crippen MR) is 70.0 cm³/mol. The van der Waals surface area contributed by atoms with Crippen LogP contribution in [0.4, 0.5) is 0 Å². The van der Waals surface area contributed by atoms with Crippen molar-refractivity contribution in [3.05, 3.63) is 0 Å². The van der Waals surface area contributed by atoms with Gasteiger partial charge in [-0.1, -0.05) is 0 Å². The summed E-state index contributed by atoms with van der Waals surface area (Å²) in [6.45, 7) is 2.04. The highest BCUT2D eigenvalue weighted by Crippen LogP contribution is 2.69. The van der Waals surface area contributed by atoms with Gasteiger partial charge in [0.2, 0.25) is 5.91 Å². The second-order valence-corrected chi connectivity index (χ2v) is 6.89. The second kappa shape index (κ2) is 4.22. The van der Waals surface area contributed by atoms with Crippen LogP contribution in [-0.4, -0.2) is 25.0 Å². The van der Waals surface area contributed by atoms with Crippen molar-refractivity contribution >= 4 is 5.91 Å². The van der Waals surface area contributed by atoms with Gasteiger partial charge in [0.1, 0.15) is 0 Å². The van der Waals surface area contributed by atoms with Gasteiger partial charge in [-0.3, -0.25) is 4.79 Å². The van der Waals surface area contributed by atoms with Crippen LogP contribution in [0, 0.1) is 29.6 Å². The second-order valence-electron chi connectivity index (χ2n) is 6.89. The normalized spacial score (nSPS) is 48.2. The molecule has 4 rings (SSSR count). The molecule has 100 valence electrons. The first-order chi connectivity index (χ1) is 8.84. The fourth-order valence-electron chi connectivity index (χ4n) is 5.17. The van der Waals surface area contributed by atoms with Crippen molar-refractivity contribution in [2.45, 2.75) is 44.6 Å². The van der Waals surface area contributed by atoms with Crippen LogP contribution in [0.3, 0.4) is 0 Å². The number of fused-ring (bicyclic) bond motifs is 5. The lowest BCUT2D eigenvalue weighted by Gasteiger charge is -2.12. The lowest BCUT2D eigenvalue weighted by atomic mass is 10.0. The molecular weight excluding hydrogens is 224 g/mol. The third-order valence-corrected chi connectivity index (χ3v) is 5.99. The van der Waals surface area contributed by atoms with Crippen molar-refractivity contribution in [3.63, 3.8) is 0 Å². The summed E-state index contributed by atoms with van der Waals surface area (Å²) in [5, 5.41) is 6.68. The minimum Gasteiger partial charge on any atom is -0.356 e. The van der Waals surface area contributed by atoms with E-state index in [1.807, 2.05) is 0 Å². The Balaban J connectivity index is 1.23. The molecule has 0 radical (unpaired) electrons. The van der Waals surface area contributed by atoms with E-state index in [0.717, 1.165) is 43.2 Å². The average molecular weight is 248 g/mol. The van der Waals surface area contributed by atoms with Crippen LogP contribution >= 0.6 is 0 Å². The van der Waals surface area contributed by atoms with Gasteiger partial charge in [0.25, 0.3) is 0 Å². The van der Waals surface area contributed by atoms with Crippen molar-refractivity contribution in [3.8, 4) is 0 Å². The molecule has 2 N–H and O–H groups in total. The van der Waals surface area contributed by atoms with Crippen LogP contribution in [-0.2, 0) is 4.79 Å². The number of rotatable bonds is 4. The zero-order chi connectivity index (χ0) is 12.1. The molecule has 3 saturated carbocycles. The highest BCUT2D eigenvalue weighted by Gasteiger charge is 2.67. The van der Waals surface area contributed by atoms with Crippen molar-refractivity contribution in [2.75, 3.05) is 13.1 Å². The Kier molecular flexibility index (Phi) is 2.65. The lowest BCUT2D eigenvalue weighted by Crippen LogP contribution is -2.32. The van der Waals surface area contributed by atoms with Gasteiger partial charge in [0, 0.05) is 18.5 Å². The molecule has 3 aliphatic carbocycles. The first-order valence-electron chi connectivity index (χ1n) is 7.85. The van der Waals surface area contributed by atoms with Crippen LogP contribution in [0.1, 0.15) is 38.5 Å². The molecule has 1 amide bonds. The Bertz CT molecular complexity index is 334. The smallest absolute Gasteiger partial charge is 0.223 e. The number of nitrogens with one attached hydrogen (secondary N) is 2. The molecule has 18 heavy (non-hydrogen) atoms. The molecule has 5 atom stereocenters. The fraction of sp³-hybridized carbons (Fsp3) is 0.933. The zero-order valence-electron chi connectivity index (χ0n) is 11.0. The molecular formula is C15H24N2O. The predicted octanol–water partition coefficient (Wildman–Crippen LogP) is 1.54. The van der Waals surface area contributed by atoms with Gasteiger partial charge in [0.05, 0.1) is 0 Å². The molecule has 3 nitrogen and oxygen atoms in total. The van der Waals surface area contributed by atoms with Crippen molar-refractivity contribution in [2.24, 2.45) is 29.6 Å². The third-order valence-electron chi connectivity index (χ3n) is 5.99. The molecule has 1 saturated heterocycles. The lowest BCUT2D eigenvalue weighted by molar-refractivity contribution is -0.123. The Morgan fingerprint density at radius 1 is 1.17 bits per heavy atom. The van der Waals surface area contributed by atoms with Gasteiger partial charge in [-0.15, -0.1) is 0 Å².